The average molecular weight is 285 g/mol. The molecule has 0 bridgehead atoms. The minimum Gasteiger partial charge on any atom is -0.327 e. The summed E-state index contributed by atoms with van der Waals surface area (Å²) in [6.07, 6.45) is 1.03. The summed E-state index contributed by atoms with van der Waals surface area (Å²) < 4.78 is 0. The Labute approximate surface area is 129 Å². The van der Waals surface area contributed by atoms with E-state index in [0.29, 0.717) is 0 Å². The Morgan fingerprint density at radius 3 is 2.14 bits per heavy atom. The number of hydrogen-bond acceptors (Lipinski definition) is 2. The molecule has 0 spiro atoms. The molecule has 0 radical (unpaired) electrons. The highest BCUT2D eigenvalue weighted by molar-refractivity contribution is 5.93. The van der Waals surface area contributed by atoms with Gasteiger partial charge in [0.1, 0.15) is 12.3 Å². The Morgan fingerprint density at radius 2 is 1.36 bits per heavy atom. The normalized spacial score (nSPS) is 15.8. The molecular formula is C20H15NO. The van der Waals surface area contributed by atoms with Crippen LogP contribution in [0.2, 0.25) is 0 Å². The van der Waals surface area contributed by atoms with Gasteiger partial charge in [-0.3, -0.25) is 0 Å². The largest absolute Gasteiger partial charge is 0.327 e. The van der Waals surface area contributed by atoms with Crippen LogP contribution in [0.1, 0.15) is 11.6 Å². The maximum Gasteiger partial charge on any atom is 0.147 e. The summed E-state index contributed by atoms with van der Waals surface area (Å²) in [4.78, 5) is 14.0. The molecule has 2 nitrogen and oxygen atoms in total. The predicted molar refractivity (Wildman–Crippen MR) is 89.3 cm³/mol. The lowest BCUT2D eigenvalue weighted by Crippen LogP contribution is -2.28. The Bertz CT molecular complexity index is 826. The van der Waals surface area contributed by atoms with Crippen LogP contribution in [0.15, 0.2) is 78.9 Å². The monoisotopic (exact) mass is 285 g/mol. The highest BCUT2D eigenvalue weighted by Crippen LogP contribution is 2.47. The second kappa shape index (κ2) is 5.15. The Morgan fingerprint density at radius 1 is 0.727 bits per heavy atom. The zero-order valence-corrected chi connectivity index (χ0v) is 12.0. The van der Waals surface area contributed by atoms with E-state index in [4.69, 9.17) is 0 Å². The van der Waals surface area contributed by atoms with Crippen molar-refractivity contribution in [1.29, 1.82) is 0 Å². The smallest absolute Gasteiger partial charge is 0.147 e. The van der Waals surface area contributed by atoms with Crippen molar-refractivity contribution in [3.63, 3.8) is 0 Å². The van der Waals surface area contributed by atoms with Crippen LogP contribution < -0.4 is 4.90 Å². The first-order valence-corrected chi connectivity index (χ1v) is 7.38. The van der Waals surface area contributed by atoms with Gasteiger partial charge in [-0.1, -0.05) is 60.7 Å². The third-order valence-electron chi connectivity index (χ3n) is 4.17. The van der Waals surface area contributed by atoms with E-state index >= 15 is 0 Å². The Balaban J connectivity index is 2.02. The van der Waals surface area contributed by atoms with Gasteiger partial charge in [-0.15, -0.1) is 0 Å². The third kappa shape index (κ3) is 1.85. The molecule has 0 N–H and O–H groups in total. The van der Waals surface area contributed by atoms with Crippen LogP contribution in [0, 0.1) is 0 Å². The summed E-state index contributed by atoms with van der Waals surface area (Å²) in [5.41, 5.74) is 5.47. The summed E-state index contributed by atoms with van der Waals surface area (Å²) in [6.45, 7) is 0. The van der Waals surface area contributed by atoms with Gasteiger partial charge in [0.15, 0.2) is 0 Å². The van der Waals surface area contributed by atoms with Crippen LogP contribution in [0.4, 0.5) is 11.4 Å². The van der Waals surface area contributed by atoms with E-state index in [9.17, 15) is 4.79 Å². The lowest BCUT2D eigenvalue weighted by molar-refractivity contribution is -0.108. The molecule has 0 saturated heterocycles. The second-order valence-electron chi connectivity index (χ2n) is 5.39. The molecule has 0 amide bonds. The number of aldehydes is 1. The quantitative estimate of drug-likeness (QED) is 0.633. The Kier molecular flexibility index (Phi) is 3.01. The van der Waals surface area contributed by atoms with Gasteiger partial charge in [-0.25, -0.2) is 0 Å². The van der Waals surface area contributed by atoms with Gasteiger partial charge in [0.25, 0.3) is 0 Å². The van der Waals surface area contributed by atoms with E-state index in [1.54, 1.807) is 0 Å². The van der Waals surface area contributed by atoms with Gasteiger partial charge in [-0.2, -0.15) is 0 Å². The van der Waals surface area contributed by atoms with Crippen LogP contribution in [-0.2, 0) is 4.79 Å². The summed E-state index contributed by atoms with van der Waals surface area (Å²) in [5.74, 6) is 0. The van der Waals surface area contributed by atoms with Crippen molar-refractivity contribution in [3.05, 3.63) is 84.4 Å². The van der Waals surface area contributed by atoms with Crippen LogP contribution in [-0.4, -0.2) is 6.29 Å². The van der Waals surface area contributed by atoms with Crippen LogP contribution >= 0.6 is 0 Å². The number of rotatable bonds is 2. The molecule has 0 aliphatic carbocycles. The van der Waals surface area contributed by atoms with Gasteiger partial charge in [0.2, 0.25) is 0 Å². The van der Waals surface area contributed by atoms with Crippen molar-refractivity contribution < 1.29 is 4.79 Å². The maximum atomic E-state index is 11.9. The van der Waals surface area contributed by atoms with Crippen molar-refractivity contribution in [2.24, 2.45) is 0 Å². The fourth-order valence-corrected chi connectivity index (χ4v) is 3.22. The molecule has 4 rings (SSSR count). The highest BCUT2D eigenvalue weighted by atomic mass is 16.1. The molecule has 2 heteroatoms. The minimum atomic E-state index is -0.298. The summed E-state index contributed by atoms with van der Waals surface area (Å²) in [7, 11) is 0. The first kappa shape index (κ1) is 12.8. The Hall–Kier alpha value is -2.87. The van der Waals surface area contributed by atoms with Gasteiger partial charge in [0, 0.05) is 16.9 Å². The molecule has 0 fully saturated rings. The van der Waals surface area contributed by atoms with E-state index in [1.807, 2.05) is 60.7 Å². The predicted octanol–water partition coefficient (Wildman–Crippen LogP) is 4.75. The fraction of sp³-hybridized carbons (Fsp3) is 0.0500. The molecule has 1 aliphatic rings. The number of fused-ring (bicyclic) bond motifs is 3. The highest BCUT2D eigenvalue weighted by Gasteiger charge is 2.31. The standard InChI is InChI=1S/C20H15NO/c22-14-20-18-12-5-4-10-16(18)17-11-6-7-13-19(17)21(20)15-8-2-1-3-9-15/h1-14,20H. The molecule has 22 heavy (non-hydrogen) atoms. The number of benzene rings is 3. The molecular weight excluding hydrogens is 270 g/mol. The molecule has 3 aromatic rings. The number of nitrogens with zero attached hydrogens (tertiary/aromatic N) is 1. The van der Waals surface area contributed by atoms with Crippen LogP contribution in [0.3, 0.4) is 0 Å². The van der Waals surface area contributed by atoms with Crippen molar-refractivity contribution in [2.75, 3.05) is 4.90 Å². The number of hydrogen-bond donors (Lipinski definition) is 0. The van der Waals surface area contributed by atoms with Crippen LogP contribution in [0.25, 0.3) is 11.1 Å². The van der Waals surface area contributed by atoms with Crippen molar-refractivity contribution in [2.45, 2.75) is 6.04 Å². The minimum absolute atomic E-state index is 0.298. The van der Waals surface area contributed by atoms with Gasteiger partial charge in [0.05, 0.1) is 0 Å². The SMILES string of the molecule is O=CC1c2ccccc2-c2ccccc2N1c1ccccc1. The lowest BCUT2D eigenvalue weighted by Gasteiger charge is -2.37. The van der Waals surface area contributed by atoms with Gasteiger partial charge >= 0.3 is 0 Å². The van der Waals surface area contributed by atoms with Gasteiger partial charge < -0.3 is 9.69 Å². The van der Waals surface area contributed by atoms with Crippen molar-refractivity contribution >= 4 is 17.7 Å². The summed E-state index contributed by atoms with van der Waals surface area (Å²) >= 11 is 0. The fourth-order valence-electron chi connectivity index (χ4n) is 3.22. The van der Waals surface area contributed by atoms with E-state index < -0.39 is 0 Å². The van der Waals surface area contributed by atoms with E-state index in [2.05, 4.69) is 23.1 Å². The van der Waals surface area contributed by atoms with E-state index in [-0.39, 0.29) is 6.04 Å². The third-order valence-corrected chi connectivity index (χ3v) is 4.17. The first-order valence-electron chi connectivity index (χ1n) is 7.38. The number of para-hydroxylation sites is 2. The maximum absolute atomic E-state index is 11.9. The summed E-state index contributed by atoms with van der Waals surface area (Å²) in [5, 5.41) is 0. The molecule has 106 valence electrons. The first-order chi connectivity index (χ1) is 10.9. The van der Waals surface area contributed by atoms with E-state index in [1.165, 1.54) is 5.56 Å². The molecule has 1 unspecified atom stereocenters. The van der Waals surface area contributed by atoms with E-state index in [0.717, 1.165) is 28.8 Å². The van der Waals surface area contributed by atoms with Crippen molar-refractivity contribution in [1.82, 2.24) is 0 Å². The number of carbonyl (C=O) groups excluding carboxylic acids is 1. The summed E-state index contributed by atoms with van der Waals surface area (Å²) in [6, 6.07) is 26.2. The number of anilines is 2. The molecule has 0 saturated carbocycles. The molecule has 1 heterocycles. The lowest BCUT2D eigenvalue weighted by atomic mass is 9.88. The average Bonchev–Trinajstić information content (AvgIpc) is 2.61. The molecule has 0 aromatic heterocycles. The van der Waals surface area contributed by atoms with Crippen LogP contribution in [0.5, 0.6) is 0 Å². The number of carbonyl (C=O) groups is 1. The topological polar surface area (TPSA) is 20.3 Å². The molecule has 3 aromatic carbocycles. The zero-order chi connectivity index (χ0) is 14.9. The molecule has 1 atom stereocenters. The zero-order valence-electron chi connectivity index (χ0n) is 12.0. The molecule has 1 aliphatic heterocycles. The van der Waals surface area contributed by atoms with Gasteiger partial charge in [-0.05, 0) is 29.3 Å². The second-order valence-corrected chi connectivity index (χ2v) is 5.39. The van der Waals surface area contributed by atoms with Crippen molar-refractivity contribution in [3.8, 4) is 11.1 Å².